The van der Waals surface area contributed by atoms with Gasteiger partial charge in [0.05, 0.1) is 7.11 Å². The van der Waals surface area contributed by atoms with E-state index in [0.717, 1.165) is 31.4 Å². The molecule has 2 N–H and O–H groups in total. The number of aryl methyl sites for hydroxylation is 1. The Morgan fingerprint density at radius 2 is 2.06 bits per heavy atom. The largest absolute Gasteiger partial charge is 0.496 e. The highest BCUT2D eigenvalue weighted by molar-refractivity contribution is 5.39. The van der Waals surface area contributed by atoms with E-state index in [0.29, 0.717) is 6.04 Å². The zero-order valence-corrected chi connectivity index (χ0v) is 11.3. The molecule has 1 aromatic rings. The molecule has 1 rings (SSSR count). The summed E-state index contributed by atoms with van der Waals surface area (Å²) in [6.07, 6.45) is 5.61. The van der Waals surface area contributed by atoms with Gasteiger partial charge < -0.3 is 10.5 Å². The third kappa shape index (κ3) is 4.39. The molecule has 0 aliphatic heterocycles. The van der Waals surface area contributed by atoms with Crippen molar-refractivity contribution >= 4 is 0 Å². The molecule has 0 bridgehead atoms. The van der Waals surface area contributed by atoms with Gasteiger partial charge in [0.25, 0.3) is 0 Å². The molecule has 96 valence electrons. The first-order valence-electron chi connectivity index (χ1n) is 6.57. The molecule has 0 saturated carbocycles. The van der Waals surface area contributed by atoms with Gasteiger partial charge in [-0.15, -0.1) is 0 Å². The Labute approximate surface area is 105 Å². The summed E-state index contributed by atoms with van der Waals surface area (Å²) in [4.78, 5) is 0. The molecule has 0 aliphatic carbocycles. The van der Waals surface area contributed by atoms with Crippen molar-refractivity contribution < 1.29 is 4.74 Å². The highest BCUT2D eigenvalue weighted by atomic mass is 16.5. The number of methoxy groups -OCH3 is 1. The fraction of sp³-hybridized carbons (Fsp3) is 0.600. The topological polar surface area (TPSA) is 35.2 Å². The standard InChI is InChI=1S/C15H25NO/c1-4-7-13(16)9-6-10-14-12(2)8-5-11-15(14)17-3/h5,8,11,13H,4,6-7,9-10,16H2,1-3H3. The molecule has 2 heteroatoms. The first-order valence-corrected chi connectivity index (χ1v) is 6.57. The van der Waals surface area contributed by atoms with Gasteiger partial charge in [-0.2, -0.15) is 0 Å². The van der Waals surface area contributed by atoms with Crippen LogP contribution >= 0.6 is 0 Å². The second kappa shape index (κ2) is 7.33. The number of hydrogen-bond acceptors (Lipinski definition) is 2. The van der Waals surface area contributed by atoms with Crippen molar-refractivity contribution in [3.63, 3.8) is 0 Å². The Kier molecular flexibility index (Phi) is 6.06. The molecule has 0 fully saturated rings. The van der Waals surface area contributed by atoms with Gasteiger partial charge in [-0.3, -0.25) is 0 Å². The second-order valence-electron chi connectivity index (χ2n) is 4.70. The molecular formula is C15H25NO. The molecule has 17 heavy (non-hydrogen) atoms. The summed E-state index contributed by atoms with van der Waals surface area (Å²) in [5.41, 5.74) is 8.67. The SMILES string of the molecule is CCCC(N)CCCc1c(C)cccc1OC. The lowest BCUT2D eigenvalue weighted by atomic mass is 9.99. The highest BCUT2D eigenvalue weighted by Gasteiger charge is 2.07. The van der Waals surface area contributed by atoms with Crippen LogP contribution in [0.3, 0.4) is 0 Å². The molecule has 0 spiro atoms. The van der Waals surface area contributed by atoms with Gasteiger partial charge in [-0.05, 0) is 49.8 Å². The van der Waals surface area contributed by atoms with Crippen LogP contribution in [-0.4, -0.2) is 13.2 Å². The Morgan fingerprint density at radius 3 is 2.71 bits per heavy atom. The summed E-state index contributed by atoms with van der Waals surface area (Å²) in [5.74, 6) is 1.01. The number of rotatable bonds is 7. The Morgan fingerprint density at radius 1 is 1.29 bits per heavy atom. The quantitative estimate of drug-likeness (QED) is 0.785. The second-order valence-corrected chi connectivity index (χ2v) is 4.70. The maximum Gasteiger partial charge on any atom is 0.122 e. The first kappa shape index (κ1) is 14.0. The minimum atomic E-state index is 0.356. The fourth-order valence-corrected chi connectivity index (χ4v) is 2.24. The van der Waals surface area contributed by atoms with Crippen molar-refractivity contribution in [3.8, 4) is 5.75 Å². The van der Waals surface area contributed by atoms with E-state index in [1.165, 1.54) is 17.5 Å². The van der Waals surface area contributed by atoms with Crippen molar-refractivity contribution in [2.45, 2.75) is 52.0 Å². The molecule has 0 aromatic heterocycles. The van der Waals surface area contributed by atoms with Crippen molar-refractivity contribution in [2.75, 3.05) is 7.11 Å². The number of benzene rings is 1. The molecule has 0 aliphatic rings. The zero-order valence-electron chi connectivity index (χ0n) is 11.3. The van der Waals surface area contributed by atoms with Gasteiger partial charge in [0, 0.05) is 6.04 Å². The maximum absolute atomic E-state index is 6.03. The predicted molar refractivity (Wildman–Crippen MR) is 73.6 cm³/mol. The summed E-state index contributed by atoms with van der Waals surface area (Å²) in [5, 5.41) is 0. The summed E-state index contributed by atoms with van der Waals surface area (Å²) in [6.45, 7) is 4.33. The lowest BCUT2D eigenvalue weighted by molar-refractivity contribution is 0.407. The van der Waals surface area contributed by atoms with E-state index in [1.807, 2.05) is 12.1 Å². The van der Waals surface area contributed by atoms with Crippen LogP contribution in [0, 0.1) is 6.92 Å². The van der Waals surface area contributed by atoms with Gasteiger partial charge >= 0.3 is 0 Å². The average Bonchev–Trinajstić information content (AvgIpc) is 2.31. The molecule has 0 amide bonds. The summed E-state index contributed by atoms with van der Waals surface area (Å²) in [7, 11) is 1.74. The van der Waals surface area contributed by atoms with Crippen LogP contribution in [0.15, 0.2) is 18.2 Å². The normalized spacial score (nSPS) is 12.5. The summed E-state index contributed by atoms with van der Waals surface area (Å²) < 4.78 is 5.40. The molecule has 0 saturated heterocycles. The predicted octanol–water partition coefficient (Wildman–Crippen LogP) is 3.45. The molecule has 0 radical (unpaired) electrons. The van der Waals surface area contributed by atoms with Crippen LogP contribution in [0.2, 0.25) is 0 Å². The van der Waals surface area contributed by atoms with Crippen molar-refractivity contribution in [1.82, 2.24) is 0 Å². The van der Waals surface area contributed by atoms with Crippen molar-refractivity contribution in [3.05, 3.63) is 29.3 Å². The van der Waals surface area contributed by atoms with Gasteiger partial charge in [-0.25, -0.2) is 0 Å². The van der Waals surface area contributed by atoms with Crippen LogP contribution in [0.1, 0.15) is 43.7 Å². The Bertz CT molecular complexity index is 336. The van der Waals surface area contributed by atoms with Gasteiger partial charge in [0.15, 0.2) is 0 Å². The molecule has 1 atom stereocenters. The smallest absolute Gasteiger partial charge is 0.122 e. The number of hydrogen-bond donors (Lipinski definition) is 1. The molecule has 1 aromatic carbocycles. The van der Waals surface area contributed by atoms with Gasteiger partial charge in [-0.1, -0.05) is 25.5 Å². The van der Waals surface area contributed by atoms with Crippen LogP contribution in [0.4, 0.5) is 0 Å². The first-order chi connectivity index (χ1) is 8.19. The minimum Gasteiger partial charge on any atom is -0.496 e. The maximum atomic E-state index is 6.03. The minimum absolute atomic E-state index is 0.356. The van der Waals surface area contributed by atoms with E-state index in [9.17, 15) is 0 Å². The van der Waals surface area contributed by atoms with E-state index in [4.69, 9.17) is 10.5 Å². The molecule has 1 unspecified atom stereocenters. The van der Waals surface area contributed by atoms with Gasteiger partial charge in [0.2, 0.25) is 0 Å². The van der Waals surface area contributed by atoms with Gasteiger partial charge in [0.1, 0.15) is 5.75 Å². The lowest BCUT2D eigenvalue weighted by Crippen LogP contribution is -2.19. The summed E-state index contributed by atoms with van der Waals surface area (Å²) in [6, 6.07) is 6.58. The van der Waals surface area contributed by atoms with Crippen molar-refractivity contribution in [1.29, 1.82) is 0 Å². The van der Waals surface area contributed by atoms with Crippen LogP contribution in [0.25, 0.3) is 0 Å². The Balaban J connectivity index is 2.51. The Hall–Kier alpha value is -1.02. The third-order valence-corrected chi connectivity index (χ3v) is 3.25. The molecule has 0 heterocycles. The monoisotopic (exact) mass is 235 g/mol. The number of ether oxygens (including phenoxy) is 1. The fourth-order valence-electron chi connectivity index (χ4n) is 2.24. The van der Waals surface area contributed by atoms with E-state index >= 15 is 0 Å². The van der Waals surface area contributed by atoms with Crippen LogP contribution in [0.5, 0.6) is 5.75 Å². The van der Waals surface area contributed by atoms with Crippen molar-refractivity contribution in [2.24, 2.45) is 5.73 Å². The summed E-state index contributed by atoms with van der Waals surface area (Å²) >= 11 is 0. The third-order valence-electron chi connectivity index (χ3n) is 3.25. The van der Waals surface area contributed by atoms with E-state index < -0.39 is 0 Å². The zero-order chi connectivity index (χ0) is 12.7. The number of nitrogens with two attached hydrogens (primary N) is 1. The van der Waals surface area contributed by atoms with E-state index in [2.05, 4.69) is 19.9 Å². The highest BCUT2D eigenvalue weighted by Crippen LogP contribution is 2.23. The lowest BCUT2D eigenvalue weighted by Gasteiger charge is -2.13. The molecular weight excluding hydrogens is 210 g/mol. The van der Waals surface area contributed by atoms with Crippen LogP contribution in [-0.2, 0) is 6.42 Å². The average molecular weight is 235 g/mol. The molecule has 2 nitrogen and oxygen atoms in total. The van der Waals surface area contributed by atoms with E-state index in [-0.39, 0.29) is 0 Å². The van der Waals surface area contributed by atoms with Crippen LogP contribution < -0.4 is 10.5 Å². The van der Waals surface area contributed by atoms with E-state index in [1.54, 1.807) is 7.11 Å².